The van der Waals surface area contributed by atoms with Crippen LogP contribution in [0.5, 0.6) is 0 Å². The van der Waals surface area contributed by atoms with Gasteiger partial charge in [0.25, 0.3) is 5.91 Å². The number of aliphatic hydroxyl groups excluding tert-OH is 1. The van der Waals surface area contributed by atoms with Gasteiger partial charge in [-0.3, -0.25) is 14.6 Å². The summed E-state index contributed by atoms with van der Waals surface area (Å²) in [6.45, 7) is 1.53. The average Bonchev–Trinajstić information content (AvgIpc) is 3.00. The number of aliphatic hydroxyl groups is 1. The predicted octanol–water partition coefficient (Wildman–Crippen LogP) is 0.736. The number of ketones is 1. The number of likely N-dealkylation sites (tertiary alicyclic amines) is 1. The zero-order chi connectivity index (χ0) is 17.0. The summed E-state index contributed by atoms with van der Waals surface area (Å²) < 4.78 is 14.0. The minimum Gasteiger partial charge on any atom is -0.394 e. The van der Waals surface area contributed by atoms with Gasteiger partial charge in [-0.25, -0.2) is 4.39 Å². The maximum Gasteiger partial charge on any atom is 0.270 e. The third-order valence-corrected chi connectivity index (χ3v) is 4.47. The van der Waals surface area contributed by atoms with Gasteiger partial charge in [-0.2, -0.15) is 0 Å². The number of aliphatic imine (C=N–C) groups is 1. The maximum atomic E-state index is 14.0. The van der Waals surface area contributed by atoms with Crippen molar-refractivity contribution in [3.63, 3.8) is 0 Å². The van der Waals surface area contributed by atoms with Gasteiger partial charge in [0, 0.05) is 37.2 Å². The van der Waals surface area contributed by atoms with E-state index in [1.165, 1.54) is 11.8 Å². The van der Waals surface area contributed by atoms with Gasteiger partial charge in [-0.15, -0.1) is 0 Å². The summed E-state index contributed by atoms with van der Waals surface area (Å²) >= 11 is 0. The molecule has 1 aliphatic heterocycles. The Bertz CT molecular complexity index is 549. The van der Waals surface area contributed by atoms with Crippen LogP contribution < -0.4 is 5.73 Å². The van der Waals surface area contributed by atoms with E-state index in [1.54, 1.807) is 0 Å². The molecule has 1 saturated carbocycles. The number of hydrogen-bond acceptors (Lipinski definition) is 5. The fourth-order valence-corrected chi connectivity index (χ4v) is 2.97. The van der Waals surface area contributed by atoms with Crippen molar-refractivity contribution < 1.29 is 19.1 Å². The molecule has 0 aromatic heterocycles. The number of nitrogens with zero attached hydrogens (tertiary/aromatic N) is 2. The number of allylic oxidation sites excluding steroid dienone is 1. The Morgan fingerprint density at radius 1 is 1.35 bits per heavy atom. The number of Topliss-reactive ketones (excluding diaryl/α,β-unsaturated/α-hetero) is 1. The van der Waals surface area contributed by atoms with Crippen molar-refractivity contribution >= 4 is 17.4 Å². The van der Waals surface area contributed by atoms with Crippen LogP contribution in [-0.4, -0.2) is 59.3 Å². The molecule has 0 bridgehead atoms. The van der Waals surface area contributed by atoms with E-state index in [-0.39, 0.29) is 49.9 Å². The summed E-state index contributed by atoms with van der Waals surface area (Å²) in [5.41, 5.74) is 6.04. The highest BCUT2D eigenvalue weighted by atomic mass is 19.1. The number of alkyl halides is 1. The number of nitrogens with two attached hydrogens (primary N) is 1. The standard InChI is InChI=1S/C16H24FN3O3/c1-11(22)9-19-13-4-2-3-12(13)14(18)15(23)20-7-5-16(17,10-21)6-8-20/h21H,2-10,18H2,1H3/b14-12-,19-13?. The summed E-state index contributed by atoms with van der Waals surface area (Å²) in [5.74, 6) is -0.342. The molecule has 0 spiro atoms. The van der Waals surface area contributed by atoms with Crippen molar-refractivity contribution in [1.82, 2.24) is 4.90 Å². The molecule has 128 valence electrons. The van der Waals surface area contributed by atoms with Crippen molar-refractivity contribution in [2.75, 3.05) is 26.2 Å². The van der Waals surface area contributed by atoms with Crippen LogP contribution in [0.4, 0.5) is 4.39 Å². The van der Waals surface area contributed by atoms with Gasteiger partial charge in [0.15, 0.2) is 5.78 Å². The van der Waals surface area contributed by atoms with Crippen LogP contribution in [0, 0.1) is 0 Å². The predicted molar refractivity (Wildman–Crippen MR) is 84.8 cm³/mol. The molecule has 3 N–H and O–H groups in total. The Hall–Kier alpha value is -1.76. The molecule has 7 heteroatoms. The lowest BCUT2D eigenvalue weighted by Crippen LogP contribution is -2.47. The molecule has 0 atom stereocenters. The first-order chi connectivity index (χ1) is 10.9. The zero-order valence-corrected chi connectivity index (χ0v) is 13.5. The number of halogens is 1. The molecule has 23 heavy (non-hydrogen) atoms. The first-order valence-corrected chi connectivity index (χ1v) is 7.97. The smallest absolute Gasteiger partial charge is 0.270 e. The number of hydrogen-bond donors (Lipinski definition) is 2. The molecule has 0 radical (unpaired) electrons. The van der Waals surface area contributed by atoms with E-state index in [9.17, 15) is 14.0 Å². The topological polar surface area (TPSA) is 96.0 Å². The second-order valence-electron chi connectivity index (χ2n) is 6.31. The van der Waals surface area contributed by atoms with Crippen molar-refractivity contribution in [2.45, 2.75) is 44.7 Å². The van der Waals surface area contributed by atoms with Crippen LogP contribution in [0.2, 0.25) is 0 Å². The lowest BCUT2D eigenvalue weighted by Gasteiger charge is -2.35. The number of rotatable bonds is 4. The second-order valence-corrected chi connectivity index (χ2v) is 6.31. The van der Waals surface area contributed by atoms with Crippen LogP contribution in [0.3, 0.4) is 0 Å². The van der Waals surface area contributed by atoms with Crippen molar-refractivity contribution in [2.24, 2.45) is 10.7 Å². The van der Waals surface area contributed by atoms with Crippen molar-refractivity contribution in [1.29, 1.82) is 0 Å². The molecule has 0 aromatic carbocycles. The normalized spacial score (nSPS) is 24.8. The Kier molecular flexibility index (Phi) is 5.51. The fourth-order valence-electron chi connectivity index (χ4n) is 2.97. The second kappa shape index (κ2) is 7.21. The summed E-state index contributed by atoms with van der Waals surface area (Å²) in [7, 11) is 0. The number of carbonyl (C=O) groups is 2. The molecule has 0 unspecified atom stereocenters. The zero-order valence-electron chi connectivity index (χ0n) is 13.5. The van der Waals surface area contributed by atoms with E-state index < -0.39 is 12.3 Å². The average molecular weight is 325 g/mol. The van der Waals surface area contributed by atoms with Crippen LogP contribution in [0.25, 0.3) is 0 Å². The van der Waals surface area contributed by atoms with Gasteiger partial charge in [0.2, 0.25) is 0 Å². The molecule has 2 fully saturated rings. The summed E-state index contributed by atoms with van der Waals surface area (Å²) in [6, 6.07) is 0. The monoisotopic (exact) mass is 325 g/mol. The first-order valence-electron chi connectivity index (χ1n) is 7.97. The first kappa shape index (κ1) is 17.6. The molecule has 2 rings (SSSR count). The minimum atomic E-state index is -1.60. The number of amides is 1. The summed E-state index contributed by atoms with van der Waals surface area (Å²) in [4.78, 5) is 29.3. The van der Waals surface area contributed by atoms with Crippen LogP contribution in [0.1, 0.15) is 39.0 Å². The Labute approximate surface area is 135 Å². The van der Waals surface area contributed by atoms with Gasteiger partial charge in [0.1, 0.15) is 11.4 Å². The largest absolute Gasteiger partial charge is 0.394 e. The van der Waals surface area contributed by atoms with Gasteiger partial charge in [0.05, 0.1) is 13.2 Å². The highest BCUT2D eigenvalue weighted by molar-refractivity contribution is 6.09. The quantitative estimate of drug-likeness (QED) is 0.745. The van der Waals surface area contributed by atoms with Gasteiger partial charge in [-0.05, 0) is 26.2 Å². The third kappa shape index (κ3) is 4.16. The van der Waals surface area contributed by atoms with E-state index in [0.717, 1.165) is 17.7 Å². The molecule has 0 aromatic rings. The molecular formula is C16H24FN3O3. The van der Waals surface area contributed by atoms with Gasteiger partial charge in [-0.1, -0.05) is 0 Å². The van der Waals surface area contributed by atoms with E-state index >= 15 is 0 Å². The van der Waals surface area contributed by atoms with E-state index in [1.807, 2.05) is 0 Å². The maximum absolute atomic E-state index is 14.0. The third-order valence-electron chi connectivity index (χ3n) is 4.47. The van der Waals surface area contributed by atoms with Crippen LogP contribution in [-0.2, 0) is 9.59 Å². The van der Waals surface area contributed by atoms with E-state index in [2.05, 4.69) is 4.99 Å². The summed E-state index contributed by atoms with van der Waals surface area (Å²) in [6.07, 6.45) is 2.48. The molecule has 2 aliphatic rings. The summed E-state index contributed by atoms with van der Waals surface area (Å²) in [5, 5.41) is 9.04. The highest BCUT2D eigenvalue weighted by Gasteiger charge is 2.36. The molecule has 1 amide bonds. The molecule has 1 saturated heterocycles. The molecular weight excluding hydrogens is 301 g/mol. The molecule has 6 nitrogen and oxygen atoms in total. The number of carbonyl (C=O) groups excluding carboxylic acids is 2. The van der Waals surface area contributed by atoms with Gasteiger partial charge >= 0.3 is 0 Å². The van der Waals surface area contributed by atoms with Crippen molar-refractivity contribution in [3.8, 4) is 0 Å². The SMILES string of the molecule is CC(=O)CN=C1CCC/C1=C(/N)C(=O)N1CCC(F)(CO)CC1. The van der Waals surface area contributed by atoms with E-state index in [4.69, 9.17) is 10.8 Å². The minimum absolute atomic E-state index is 0.0343. The van der Waals surface area contributed by atoms with Crippen LogP contribution >= 0.6 is 0 Å². The van der Waals surface area contributed by atoms with Crippen molar-refractivity contribution in [3.05, 3.63) is 11.3 Å². The fraction of sp³-hybridized carbons (Fsp3) is 0.688. The highest BCUT2D eigenvalue weighted by Crippen LogP contribution is 2.28. The number of piperidine rings is 1. The lowest BCUT2D eigenvalue weighted by molar-refractivity contribution is -0.130. The molecule has 1 heterocycles. The molecule has 1 aliphatic carbocycles. The van der Waals surface area contributed by atoms with Crippen LogP contribution in [0.15, 0.2) is 16.3 Å². The lowest BCUT2D eigenvalue weighted by atomic mass is 9.94. The Balaban J connectivity index is 2.09. The Morgan fingerprint density at radius 3 is 2.57 bits per heavy atom. The van der Waals surface area contributed by atoms with Gasteiger partial charge < -0.3 is 15.7 Å². The Morgan fingerprint density at radius 2 is 2.00 bits per heavy atom. The van der Waals surface area contributed by atoms with E-state index in [0.29, 0.717) is 12.8 Å².